The Kier molecular flexibility index (Phi) is 3.63. The molecule has 0 saturated heterocycles. The normalized spacial score (nSPS) is 10.1. The second-order valence-corrected chi connectivity index (χ2v) is 3.93. The third kappa shape index (κ3) is 2.88. The summed E-state index contributed by atoms with van der Waals surface area (Å²) >= 11 is 0. The quantitative estimate of drug-likeness (QED) is 0.664. The van der Waals surface area contributed by atoms with Gasteiger partial charge in [-0.2, -0.15) is 0 Å². The van der Waals surface area contributed by atoms with Crippen molar-refractivity contribution in [3.05, 3.63) is 59.7 Å². The van der Waals surface area contributed by atoms with Crippen molar-refractivity contribution in [2.75, 3.05) is 0 Å². The monoisotopic (exact) mass is 242 g/mol. The zero-order valence-corrected chi connectivity index (χ0v) is 10.1. The topological polar surface area (TPSA) is 46.5 Å². The average Bonchev–Trinajstić information content (AvgIpc) is 2.41. The van der Waals surface area contributed by atoms with E-state index in [1.807, 2.05) is 12.1 Å². The molecule has 0 aliphatic carbocycles. The number of hydrogen-bond donors (Lipinski definition) is 1. The molecule has 2 rings (SSSR count). The van der Waals surface area contributed by atoms with Gasteiger partial charge < -0.3 is 9.84 Å². The first kappa shape index (κ1) is 12.2. The molecule has 0 radical (unpaired) electrons. The molecule has 0 unspecified atom stereocenters. The van der Waals surface area contributed by atoms with Gasteiger partial charge in [0, 0.05) is 0 Å². The Hall–Kier alpha value is -2.29. The number of aryl methyl sites for hydroxylation is 1. The van der Waals surface area contributed by atoms with Crippen LogP contribution in [0.3, 0.4) is 0 Å². The highest BCUT2D eigenvalue weighted by Crippen LogP contribution is 2.17. The van der Waals surface area contributed by atoms with Crippen LogP contribution in [0.25, 0.3) is 0 Å². The number of esters is 1. The Morgan fingerprint density at radius 3 is 2.22 bits per heavy atom. The van der Waals surface area contributed by atoms with Gasteiger partial charge in [-0.1, -0.05) is 19.1 Å². The predicted octanol–water partition coefficient (Wildman–Crippen LogP) is 3.17. The third-order valence-electron chi connectivity index (χ3n) is 2.65. The van der Waals surface area contributed by atoms with E-state index in [9.17, 15) is 4.79 Å². The van der Waals surface area contributed by atoms with Crippen molar-refractivity contribution in [1.82, 2.24) is 0 Å². The van der Waals surface area contributed by atoms with Crippen LogP contribution in [0, 0.1) is 0 Å². The standard InChI is InChI=1S/C15H14O3/c1-2-11-3-5-12(6-4-11)15(17)18-14-9-7-13(16)8-10-14/h3-10,16H,2H2,1H3. The molecule has 0 fully saturated rings. The van der Waals surface area contributed by atoms with E-state index in [2.05, 4.69) is 6.92 Å². The summed E-state index contributed by atoms with van der Waals surface area (Å²) in [6.45, 7) is 2.06. The van der Waals surface area contributed by atoms with Crippen LogP contribution >= 0.6 is 0 Å². The van der Waals surface area contributed by atoms with E-state index in [1.54, 1.807) is 24.3 Å². The average molecular weight is 242 g/mol. The molecule has 0 spiro atoms. The van der Waals surface area contributed by atoms with Crippen molar-refractivity contribution < 1.29 is 14.6 Å². The van der Waals surface area contributed by atoms with E-state index < -0.39 is 5.97 Å². The summed E-state index contributed by atoms with van der Waals surface area (Å²) in [6.07, 6.45) is 0.938. The van der Waals surface area contributed by atoms with Gasteiger partial charge in [0.25, 0.3) is 0 Å². The second-order valence-electron chi connectivity index (χ2n) is 3.93. The molecule has 3 heteroatoms. The maximum Gasteiger partial charge on any atom is 0.343 e. The summed E-state index contributed by atoms with van der Waals surface area (Å²) in [5, 5.41) is 9.13. The molecule has 0 heterocycles. The molecule has 0 saturated carbocycles. The number of phenols is 1. The van der Waals surface area contributed by atoms with Crippen LogP contribution in [0.1, 0.15) is 22.8 Å². The van der Waals surface area contributed by atoms with Gasteiger partial charge >= 0.3 is 5.97 Å². The van der Waals surface area contributed by atoms with Crippen molar-refractivity contribution in [1.29, 1.82) is 0 Å². The van der Waals surface area contributed by atoms with Crippen LogP contribution in [0.4, 0.5) is 0 Å². The fourth-order valence-electron chi connectivity index (χ4n) is 1.56. The molecule has 0 bridgehead atoms. The highest BCUT2D eigenvalue weighted by molar-refractivity contribution is 5.91. The summed E-state index contributed by atoms with van der Waals surface area (Å²) < 4.78 is 5.18. The molecule has 0 aliphatic heterocycles. The van der Waals surface area contributed by atoms with Gasteiger partial charge in [-0.15, -0.1) is 0 Å². The lowest BCUT2D eigenvalue weighted by molar-refractivity contribution is 0.0734. The molecule has 0 atom stereocenters. The summed E-state index contributed by atoms with van der Waals surface area (Å²) in [4.78, 5) is 11.8. The van der Waals surface area contributed by atoms with Gasteiger partial charge in [-0.25, -0.2) is 4.79 Å². The van der Waals surface area contributed by atoms with Crippen LogP contribution in [0.15, 0.2) is 48.5 Å². The highest BCUT2D eigenvalue weighted by atomic mass is 16.5. The van der Waals surface area contributed by atoms with Gasteiger partial charge in [-0.05, 0) is 48.4 Å². The summed E-state index contributed by atoms with van der Waals surface area (Å²) in [6, 6.07) is 13.4. The van der Waals surface area contributed by atoms with Crippen molar-refractivity contribution in [3.63, 3.8) is 0 Å². The maximum atomic E-state index is 11.8. The number of carbonyl (C=O) groups excluding carboxylic acids is 1. The van der Waals surface area contributed by atoms with Gasteiger partial charge in [0.05, 0.1) is 5.56 Å². The van der Waals surface area contributed by atoms with Gasteiger partial charge in [0.15, 0.2) is 0 Å². The van der Waals surface area contributed by atoms with Gasteiger partial charge in [0.2, 0.25) is 0 Å². The van der Waals surface area contributed by atoms with Crippen LogP contribution < -0.4 is 4.74 Å². The zero-order chi connectivity index (χ0) is 13.0. The van der Waals surface area contributed by atoms with Crippen LogP contribution in [-0.4, -0.2) is 11.1 Å². The molecule has 0 amide bonds. The lowest BCUT2D eigenvalue weighted by Crippen LogP contribution is -2.08. The van der Waals surface area contributed by atoms with E-state index in [0.29, 0.717) is 11.3 Å². The minimum absolute atomic E-state index is 0.141. The zero-order valence-electron chi connectivity index (χ0n) is 10.1. The van der Waals surface area contributed by atoms with Crippen molar-refractivity contribution in [3.8, 4) is 11.5 Å². The molecule has 2 aromatic rings. The number of hydrogen-bond acceptors (Lipinski definition) is 3. The Balaban J connectivity index is 2.09. The van der Waals surface area contributed by atoms with Crippen molar-refractivity contribution in [2.24, 2.45) is 0 Å². The third-order valence-corrected chi connectivity index (χ3v) is 2.65. The smallest absolute Gasteiger partial charge is 0.343 e. The Morgan fingerprint density at radius 1 is 1.06 bits per heavy atom. The highest BCUT2D eigenvalue weighted by Gasteiger charge is 2.08. The fourth-order valence-corrected chi connectivity index (χ4v) is 1.56. The van der Waals surface area contributed by atoms with Gasteiger partial charge in [-0.3, -0.25) is 0 Å². The first-order valence-electron chi connectivity index (χ1n) is 5.79. The Labute approximate surface area is 106 Å². The summed E-state index contributed by atoms with van der Waals surface area (Å²) in [7, 11) is 0. The first-order valence-corrected chi connectivity index (χ1v) is 5.79. The van der Waals surface area contributed by atoms with E-state index in [-0.39, 0.29) is 5.75 Å². The van der Waals surface area contributed by atoms with Crippen LogP contribution in [0.5, 0.6) is 11.5 Å². The number of phenolic OH excluding ortho intramolecular Hbond substituents is 1. The molecule has 3 nitrogen and oxygen atoms in total. The largest absolute Gasteiger partial charge is 0.508 e. The molecule has 0 aromatic heterocycles. The molecule has 18 heavy (non-hydrogen) atoms. The fraction of sp³-hybridized carbons (Fsp3) is 0.133. The number of rotatable bonds is 3. The van der Waals surface area contributed by atoms with E-state index in [1.165, 1.54) is 17.7 Å². The van der Waals surface area contributed by atoms with E-state index in [4.69, 9.17) is 9.84 Å². The minimum atomic E-state index is -0.400. The van der Waals surface area contributed by atoms with Crippen molar-refractivity contribution >= 4 is 5.97 Å². The molecular weight excluding hydrogens is 228 g/mol. The van der Waals surface area contributed by atoms with Crippen molar-refractivity contribution in [2.45, 2.75) is 13.3 Å². The second kappa shape index (κ2) is 5.36. The SMILES string of the molecule is CCc1ccc(C(=O)Oc2ccc(O)cc2)cc1. The number of carbonyl (C=O) groups is 1. The maximum absolute atomic E-state index is 11.8. The molecule has 2 aromatic carbocycles. The number of aromatic hydroxyl groups is 1. The summed E-state index contributed by atoms with van der Waals surface area (Å²) in [5.41, 5.74) is 1.69. The van der Waals surface area contributed by atoms with Crippen LogP contribution in [0.2, 0.25) is 0 Å². The predicted molar refractivity (Wildman–Crippen MR) is 68.9 cm³/mol. The number of benzene rings is 2. The molecular formula is C15H14O3. The first-order chi connectivity index (χ1) is 8.69. The number of ether oxygens (including phenoxy) is 1. The molecule has 1 N–H and O–H groups in total. The van der Waals surface area contributed by atoms with E-state index in [0.717, 1.165) is 6.42 Å². The van der Waals surface area contributed by atoms with Gasteiger partial charge in [0.1, 0.15) is 11.5 Å². The molecule has 92 valence electrons. The lowest BCUT2D eigenvalue weighted by atomic mass is 10.1. The minimum Gasteiger partial charge on any atom is -0.508 e. The Morgan fingerprint density at radius 2 is 1.67 bits per heavy atom. The Bertz CT molecular complexity index is 527. The van der Waals surface area contributed by atoms with E-state index >= 15 is 0 Å². The lowest BCUT2D eigenvalue weighted by Gasteiger charge is -2.05. The molecule has 0 aliphatic rings. The summed E-state index contributed by atoms with van der Waals surface area (Å²) in [5.74, 6) is 0.155. The van der Waals surface area contributed by atoms with Crippen LogP contribution in [-0.2, 0) is 6.42 Å².